The number of carbonyl (C=O) groups is 1. The molecule has 0 saturated heterocycles. The van der Waals surface area contributed by atoms with Crippen LogP contribution in [0.5, 0.6) is 0 Å². The first kappa shape index (κ1) is 15.5. The number of oxazole rings is 1. The second-order valence-corrected chi connectivity index (χ2v) is 5.73. The van der Waals surface area contributed by atoms with E-state index in [1.807, 2.05) is 17.5 Å². The molecule has 0 spiro atoms. The zero-order valence-corrected chi connectivity index (χ0v) is 13.2. The summed E-state index contributed by atoms with van der Waals surface area (Å²) in [6.07, 6.45) is 1.69. The van der Waals surface area contributed by atoms with Gasteiger partial charge >= 0.3 is 5.97 Å². The van der Waals surface area contributed by atoms with Crippen molar-refractivity contribution in [3.8, 4) is 10.8 Å². The van der Waals surface area contributed by atoms with Crippen LogP contribution >= 0.6 is 11.3 Å². The van der Waals surface area contributed by atoms with E-state index in [9.17, 15) is 9.90 Å². The number of rotatable bonds is 5. The van der Waals surface area contributed by atoms with E-state index in [1.54, 1.807) is 36.5 Å². The molecule has 0 aliphatic heterocycles. The van der Waals surface area contributed by atoms with Gasteiger partial charge in [-0.05, 0) is 42.1 Å². The van der Waals surface area contributed by atoms with Gasteiger partial charge in [-0.3, -0.25) is 0 Å². The lowest BCUT2D eigenvalue weighted by molar-refractivity contribution is -0.137. The Bertz CT molecular complexity index is 836. The fraction of sp³-hybridized carbons (Fsp3) is 0.176. The maximum Gasteiger partial charge on any atom is 0.330 e. The second kappa shape index (κ2) is 6.76. The van der Waals surface area contributed by atoms with Crippen molar-refractivity contribution in [3.63, 3.8) is 0 Å². The van der Waals surface area contributed by atoms with Gasteiger partial charge < -0.3 is 14.3 Å². The molecule has 2 heterocycles. The van der Waals surface area contributed by atoms with Crippen molar-refractivity contribution in [1.29, 1.82) is 0 Å². The van der Waals surface area contributed by atoms with Crippen molar-refractivity contribution in [2.75, 3.05) is 6.61 Å². The Morgan fingerprint density at radius 1 is 1.48 bits per heavy atom. The Labute approximate surface area is 136 Å². The van der Waals surface area contributed by atoms with Gasteiger partial charge in [0.1, 0.15) is 5.52 Å². The highest BCUT2D eigenvalue weighted by molar-refractivity contribution is 7.13. The van der Waals surface area contributed by atoms with Crippen LogP contribution in [0.1, 0.15) is 18.6 Å². The second-order valence-electron chi connectivity index (χ2n) is 4.78. The van der Waals surface area contributed by atoms with Gasteiger partial charge in [0.15, 0.2) is 5.58 Å². The summed E-state index contributed by atoms with van der Waals surface area (Å²) in [6, 6.07) is 9.13. The maximum atomic E-state index is 11.3. The highest BCUT2D eigenvalue weighted by Gasteiger charge is 2.12. The van der Waals surface area contributed by atoms with Crippen LogP contribution in [0.2, 0.25) is 0 Å². The Hall–Kier alpha value is -2.44. The van der Waals surface area contributed by atoms with Crippen LogP contribution < -0.4 is 0 Å². The van der Waals surface area contributed by atoms with Crippen molar-refractivity contribution in [3.05, 3.63) is 53.4 Å². The molecule has 0 aliphatic carbocycles. The van der Waals surface area contributed by atoms with Gasteiger partial charge in [-0.2, -0.15) is 0 Å². The number of aliphatic hydroxyl groups is 1. The van der Waals surface area contributed by atoms with E-state index in [0.717, 1.165) is 10.4 Å². The molecule has 1 unspecified atom stereocenters. The molecule has 3 rings (SSSR count). The molecule has 0 saturated carbocycles. The van der Waals surface area contributed by atoms with Crippen LogP contribution in [0.3, 0.4) is 0 Å². The van der Waals surface area contributed by atoms with Crippen LogP contribution in [0.15, 0.2) is 52.3 Å². The molecule has 5 nitrogen and oxygen atoms in total. The number of esters is 1. The van der Waals surface area contributed by atoms with Crippen LogP contribution in [-0.2, 0) is 9.53 Å². The Morgan fingerprint density at radius 2 is 2.35 bits per heavy atom. The molecule has 0 aliphatic rings. The van der Waals surface area contributed by atoms with E-state index in [-0.39, 0.29) is 0 Å². The molecule has 1 N–H and O–H groups in total. The van der Waals surface area contributed by atoms with Crippen molar-refractivity contribution >= 4 is 28.4 Å². The summed E-state index contributed by atoms with van der Waals surface area (Å²) in [5.41, 5.74) is 1.93. The third kappa shape index (κ3) is 3.49. The van der Waals surface area contributed by atoms with E-state index in [2.05, 4.69) is 4.98 Å². The summed E-state index contributed by atoms with van der Waals surface area (Å²) in [6.45, 7) is 2.03. The van der Waals surface area contributed by atoms with Crippen molar-refractivity contribution in [2.24, 2.45) is 0 Å². The average Bonchev–Trinajstić information content (AvgIpc) is 3.20. The van der Waals surface area contributed by atoms with Gasteiger partial charge in [0, 0.05) is 6.08 Å². The molecule has 23 heavy (non-hydrogen) atoms. The Morgan fingerprint density at radius 3 is 3.09 bits per heavy atom. The zero-order chi connectivity index (χ0) is 16.2. The number of nitrogens with zero attached hydrogens (tertiary/aromatic N) is 1. The average molecular weight is 329 g/mol. The number of hydrogen-bond acceptors (Lipinski definition) is 6. The Kier molecular flexibility index (Phi) is 4.55. The third-order valence-corrected chi connectivity index (χ3v) is 4.05. The number of carbonyl (C=O) groups excluding carboxylic acids is 1. The number of aromatic nitrogens is 1. The number of hydrogen-bond donors (Lipinski definition) is 1. The molecule has 118 valence electrons. The summed E-state index contributed by atoms with van der Waals surface area (Å²) in [5, 5.41) is 12.1. The lowest BCUT2D eigenvalue weighted by atomic mass is 10.1. The Balaban J connectivity index is 1.83. The van der Waals surface area contributed by atoms with Gasteiger partial charge in [0.2, 0.25) is 5.89 Å². The van der Waals surface area contributed by atoms with E-state index in [1.165, 1.54) is 12.2 Å². The molecular formula is C17H15NO4S. The lowest BCUT2D eigenvalue weighted by Crippen LogP contribution is -2.01. The maximum absolute atomic E-state index is 11.3. The predicted molar refractivity (Wildman–Crippen MR) is 88.1 cm³/mol. The smallest absolute Gasteiger partial charge is 0.330 e. The van der Waals surface area contributed by atoms with E-state index < -0.39 is 12.1 Å². The minimum Gasteiger partial charge on any atom is -0.463 e. The number of fused-ring (bicyclic) bond motifs is 1. The van der Waals surface area contributed by atoms with Gasteiger partial charge in [0.25, 0.3) is 0 Å². The minimum absolute atomic E-state index is 0.300. The van der Waals surface area contributed by atoms with E-state index in [0.29, 0.717) is 23.6 Å². The summed E-state index contributed by atoms with van der Waals surface area (Å²) >= 11 is 1.55. The molecule has 3 aromatic rings. The summed E-state index contributed by atoms with van der Waals surface area (Å²) < 4.78 is 10.5. The summed E-state index contributed by atoms with van der Waals surface area (Å²) in [7, 11) is 0. The molecule has 1 aromatic carbocycles. The quantitative estimate of drug-likeness (QED) is 0.570. The first-order chi connectivity index (χ1) is 11.2. The molecule has 0 radical (unpaired) electrons. The topological polar surface area (TPSA) is 72.6 Å². The SMILES string of the molecule is CCOC(=O)/C=C/C(O)c1ccc2nc(-c3cccs3)oc2c1. The van der Waals surface area contributed by atoms with Crippen molar-refractivity contribution < 1.29 is 19.1 Å². The van der Waals surface area contributed by atoms with Crippen LogP contribution in [0.4, 0.5) is 0 Å². The molecule has 1 atom stereocenters. The zero-order valence-electron chi connectivity index (χ0n) is 12.4. The van der Waals surface area contributed by atoms with Gasteiger partial charge in [0.05, 0.1) is 17.6 Å². The summed E-state index contributed by atoms with van der Waals surface area (Å²) in [5.74, 6) is 0.0796. The third-order valence-electron chi connectivity index (χ3n) is 3.19. The van der Waals surface area contributed by atoms with Gasteiger partial charge in [-0.25, -0.2) is 9.78 Å². The highest BCUT2D eigenvalue weighted by Crippen LogP contribution is 2.29. The molecule has 0 amide bonds. The fourth-order valence-corrected chi connectivity index (χ4v) is 2.75. The highest BCUT2D eigenvalue weighted by atomic mass is 32.1. The fourth-order valence-electron chi connectivity index (χ4n) is 2.10. The lowest BCUT2D eigenvalue weighted by Gasteiger charge is -2.05. The number of ether oxygens (including phenoxy) is 1. The summed E-state index contributed by atoms with van der Waals surface area (Å²) in [4.78, 5) is 16.7. The van der Waals surface area contributed by atoms with Gasteiger partial charge in [-0.1, -0.05) is 12.1 Å². The molecular weight excluding hydrogens is 314 g/mol. The van der Waals surface area contributed by atoms with Crippen LogP contribution in [-0.4, -0.2) is 22.7 Å². The first-order valence-electron chi connectivity index (χ1n) is 7.14. The predicted octanol–water partition coefficient (Wildman–Crippen LogP) is 3.71. The largest absolute Gasteiger partial charge is 0.463 e. The van der Waals surface area contributed by atoms with Crippen LogP contribution in [0.25, 0.3) is 21.9 Å². The monoisotopic (exact) mass is 329 g/mol. The van der Waals surface area contributed by atoms with E-state index >= 15 is 0 Å². The number of thiophene rings is 1. The molecule has 2 aromatic heterocycles. The van der Waals surface area contributed by atoms with Crippen molar-refractivity contribution in [1.82, 2.24) is 4.98 Å². The molecule has 0 fully saturated rings. The molecule has 6 heteroatoms. The van der Waals surface area contributed by atoms with E-state index in [4.69, 9.17) is 9.15 Å². The van der Waals surface area contributed by atoms with Gasteiger partial charge in [-0.15, -0.1) is 11.3 Å². The minimum atomic E-state index is -0.918. The normalized spacial score (nSPS) is 12.8. The first-order valence-corrected chi connectivity index (χ1v) is 8.02. The molecule has 0 bridgehead atoms. The standard InChI is InChI=1S/C17H15NO4S/c1-2-21-16(20)8-7-13(19)11-5-6-12-14(10-11)22-17(18-12)15-4-3-9-23-15/h3-10,13,19H,2H2,1H3/b8-7+. The number of benzene rings is 1. The van der Waals surface area contributed by atoms with Crippen LogP contribution in [0, 0.1) is 0 Å². The van der Waals surface area contributed by atoms with Crippen molar-refractivity contribution in [2.45, 2.75) is 13.0 Å². The number of aliphatic hydroxyl groups excluding tert-OH is 1.